The van der Waals surface area contributed by atoms with Gasteiger partial charge in [0.2, 0.25) is 6.23 Å². The number of aliphatic hydroxyl groups is 1. The van der Waals surface area contributed by atoms with Gasteiger partial charge in [0.25, 0.3) is 0 Å². The highest BCUT2D eigenvalue weighted by Crippen LogP contribution is 2.01. The van der Waals surface area contributed by atoms with Crippen LogP contribution < -0.4 is 5.73 Å². The molecule has 6 nitrogen and oxygen atoms in total. The van der Waals surface area contributed by atoms with Crippen LogP contribution in [0, 0.1) is 0 Å². The number of rotatable bonds is 3. The van der Waals surface area contributed by atoms with Crippen LogP contribution in [-0.4, -0.2) is 23.5 Å². The summed E-state index contributed by atoms with van der Waals surface area (Å²) in [5.41, 5.74) is 5.51. The molecule has 0 saturated carbocycles. The van der Waals surface area contributed by atoms with Crippen molar-refractivity contribution >= 4 is 12.1 Å². The van der Waals surface area contributed by atoms with E-state index in [0.29, 0.717) is 0 Å². The number of benzene rings is 1. The lowest BCUT2D eigenvalue weighted by atomic mass is 10.2. The van der Waals surface area contributed by atoms with Crippen molar-refractivity contribution in [2.24, 2.45) is 5.73 Å². The number of hydrogen-bond donors (Lipinski definition) is 2. The third-order valence-corrected chi connectivity index (χ3v) is 1.62. The summed E-state index contributed by atoms with van der Waals surface area (Å²) < 4.78 is 8.66. The van der Waals surface area contributed by atoms with Crippen molar-refractivity contribution in [1.29, 1.82) is 0 Å². The van der Waals surface area contributed by atoms with Crippen LogP contribution >= 0.6 is 0 Å². The zero-order chi connectivity index (χ0) is 12.0. The molecule has 0 bridgehead atoms. The second-order valence-electron chi connectivity index (χ2n) is 2.89. The van der Waals surface area contributed by atoms with Crippen molar-refractivity contribution in [1.82, 2.24) is 0 Å². The largest absolute Gasteiger partial charge is 0.516 e. The molecule has 0 fully saturated rings. The lowest BCUT2D eigenvalue weighted by Gasteiger charge is -2.05. The third-order valence-electron chi connectivity index (χ3n) is 1.62. The molecule has 0 heterocycles. The lowest BCUT2D eigenvalue weighted by Crippen LogP contribution is -2.33. The van der Waals surface area contributed by atoms with Gasteiger partial charge in [-0.25, -0.2) is 9.59 Å². The quantitative estimate of drug-likeness (QED) is 0.431. The SMILES string of the molecule is NC(O)C(=O)OC(=O)OCc1ccccc1. The van der Waals surface area contributed by atoms with Gasteiger partial charge in [0, 0.05) is 0 Å². The predicted molar refractivity (Wildman–Crippen MR) is 52.9 cm³/mol. The summed E-state index contributed by atoms with van der Waals surface area (Å²) in [5, 5.41) is 8.55. The molecule has 0 spiro atoms. The van der Waals surface area contributed by atoms with E-state index < -0.39 is 18.4 Å². The van der Waals surface area contributed by atoms with Gasteiger partial charge in [-0.1, -0.05) is 30.3 Å². The van der Waals surface area contributed by atoms with E-state index in [0.717, 1.165) is 5.56 Å². The maximum atomic E-state index is 10.9. The molecular weight excluding hydrogens is 214 g/mol. The summed E-state index contributed by atoms with van der Waals surface area (Å²) in [7, 11) is 0. The van der Waals surface area contributed by atoms with E-state index >= 15 is 0 Å². The van der Waals surface area contributed by atoms with Gasteiger partial charge in [0.15, 0.2) is 0 Å². The fourth-order valence-corrected chi connectivity index (χ4v) is 0.888. The minimum atomic E-state index is -1.84. The molecule has 0 radical (unpaired) electrons. The zero-order valence-corrected chi connectivity index (χ0v) is 8.33. The highest BCUT2D eigenvalue weighted by molar-refractivity contribution is 5.84. The van der Waals surface area contributed by atoms with E-state index in [2.05, 4.69) is 9.47 Å². The number of ether oxygens (including phenoxy) is 2. The fourth-order valence-electron chi connectivity index (χ4n) is 0.888. The van der Waals surface area contributed by atoms with E-state index in [-0.39, 0.29) is 6.61 Å². The highest BCUT2D eigenvalue weighted by Gasteiger charge is 2.16. The van der Waals surface area contributed by atoms with Crippen LogP contribution in [0.1, 0.15) is 5.56 Å². The van der Waals surface area contributed by atoms with E-state index in [4.69, 9.17) is 10.8 Å². The van der Waals surface area contributed by atoms with E-state index in [9.17, 15) is 9.59 Å². The van der Waals surface area contributed by atoms with Gasteiger partial charge in [0.05, 0.1) is 0 Å². The first kappa shape index (κ1) is 12.2. The Kier molecular flexibility index (Phi) is 4.43. The first-order chi connectivity index (χ1) is 7.59. The van der Waals surface area contributed by atoms with Crippen LogP contribution in [0.2, 0.25) is 0 Å². The maximum Gasteiger partial charge on any atom is 0.516 e. The molecular formula is C10H11NO5. The van der Waals surface area contributed by atoms with Crippen molar-refractivity contribution < 1.29 is 24.2 Å². The monoisotopic (exact) mass is 225 g/mol. The van der Waals surface area contributed by atoms with Crippen LogP contribution in [-0.2, 0) is 20.9 Å². The number of esters is 1. The second kappa shape index (κ2) is 5.84. The van der Waals surface area contributed by atoms with Crippen molar-refractivity contribution in [3.63, 3.8) is 0 Å². The van der Waals surface area contributed by atoms with Gasteiger partial charge in [-0.3, -0.25) is 5.73 Å². The Hall–Kier alpha value is -1.92. The predicted octanol–water partition coefficient (Wildman–Crippen LogP) is 0.143. The normalized spacial score (nSPS) is 11.6. The average Bonchev–Trinajstić information content (AvgIpc) is 2.27. The van der Waals surface area contributed by atoms with Crippen LogP contribution in [0.15, 0.2) is 30.3 Å². The van der Waals surface area contributed by atoms with Gasteiger partial charge < -0.3 is 14.6 Å². The van der Waals surface area contributed by atoms with Crippen molar-refractivity contribution in [3.8, 4) is 0 Å². The molecule has 1 unspecified atom stereocenters. The molecule has 0 aromatic heterocycles. The minimum absolute atomic E-state index is 0.0202. The molecule has 1 atom stereocenters. The number of hydrogen-bond acceptors (Lipinski definition) is 6. The molecule has 1 rings (SSSR count). The van der Waals surface area contributed by atoms with Crippen molar-refractivity contribution in [2.45, 2.75) is 12.8 Å². The van der Waals surface area contributed by atoms with E-state index in [1.54, 1.807) is 24.3 Å². The summed E-state index contributed by atoms with van der Waals surface area (Å²) in [6.45, 7) is -0.0202. The molecule has 3 N–H and O–H groups in total. The Morgan fingerprint density at radius 2 is 1.94 bits per heavy atom. The Balaban J connectivity index is 2.34. The molecule has 0 aliphatic carbocycles. The standard InChI is InChI=1S/C10H11NO5/c11-8(12)9(13)16-10(14)15-6-7-4-2-1-3-5-7/h1-5,8,12H,6,11H2. The van der Waals surface area contributed by atoms with Crippen LogP contribution in [0.25, 0.3) is 0 Å². The Bertz CT molecular complexity index is 363. The molecule has 0 amide bonds. The van der Waals surface area contributed by atoms with E-state index in [1.807, 2.05) is 6.07 Å². The Labute approximate surface area is 91.6 Å². The zero-order valence-electron chi connectivity index (χ0n) is 8.33. The van der Waals surface area contributed by atoms with E-state index in [1.165, 1.54) is 0 Å². The highest BCUT2D eigenvalue weighted by atomic mass is 16.7. The molecule has 0 saturated heterocycles. The maximum absolute atomic E-state index is 10.9. The molecule has 1 aromatic carbocycles. The summed E-state index contributed by atoms with van der Waals surface area (Å²) in [5.74, 6) is -1.25. The fraction of sp³-hybridized carbons (Fsp3) is 0.200. The third kappa shape index (κ3) is 4.07. The van der Waals surface area contributed by atoms with Crippen molar-refractivity contribution in [2.75, 3.05) is 0 Å². The second-order valence-corrected chi connectivity index (χ2v) is 2.89. The minimum Gasteiger partial charge on any atom is -0.429 e. The molecule has 0 aliphatic rings. The topological polar surface area (TPSA) is 98.9 Å². The first-order valence-electron chi connectivity index (χ1n) is 4.45. The number of carbonyl (C=O) groups excluding carboxylic acids is 2. The molecule has 86 valence electrons. The van der Waals surface area contributed by atoms with Gasteiger partial charge in [0.1, 0.15) is 6.61 Å². The van der Waals surface area contributed by atoms with Gasteiger partial charge in [-0.05, 0) is 5.56 Å². The summed E-state index contributed by atoms with van der Waals surface area (Å²) in [6.07, 6.45) is -3.04. The van der Waals surface area contributed by atoms with Crippen molar-refractivity contribution in [3.05, 3.63) is 35.9 Å². The smallest absolute Gasteiger partial charge is 0.429 e. The molecule has 1 aromatic rings. The number of nitrogens with two attached hydrogens (primary N) is 1. The molecule has 6 heteroatoms. The Morgan fingerprint density at radius 1 is 1.31 bits per heavy atom. The van der Waals surface area contributed by atoms with Crippen LogP contribution in [0.4, 0.5) is 4.79 Å². The first-order valence-corrected chi connectivity index (χ1v) is 4.45. The van der Waals surface area contributed by atoms with Gasteiger partial charge >= 0.3 is 12.1 Å². The number of carbonyl (C=O) groups is 2. The van der Waals surface area contributed by atoms with Crippen LogP contribution in [0.3, 0.4) is 0 Å². The van der Waals surface area contributed by atoms with Crippen LogP contribution in [0.5, 0.6) is 0 Å². The number of aliphatic hydroxyl groups excluding tert-OH is 1. The lowest BCUT2D eigenvalue weighted by molar-refractivity contribution is -0.149. The summed E-state index contributed by atoms with van der Waals surface area (Å²) in [4.78, 5) is 21.6. The summed E-state index contributed by atoms with van der Waals surface area (Å²) in [6, 6.07) is 8.85. The molecule has 16 heavy (non-hydrogen) atoms. The van der Waals surface area contributed by atoms with Gasteiger partial charge in [-0.15, -0.1) is 0 Å². The summed E-state index contributed by atoms with van der Waals surface area (Å²) >= 11 is 0. The van der Waals surface area contributed by atoms with Gasteiger partial charge in [-0.2, -0.15) is 0 Å². The average molecular weight is 225 g/mol. The Morgan fingerprint density at radius 3 is 2.50 bits per heavy atom. The molecule has 0 aliphatic heterocycles.